The number of halogens is 7. The van der Waals surface area contributed by atoms with Crippen LogP contribution in [0.2, 0.25) is 0 Å². The number of alkyl halides is 3. The van der Waals surface area contributed by atoms with E-state index in [1.807, 2.05) is 0 Å². The van der Waals surface area contributed by atoms with Gasteiger partial charge in [-0.2, -0.15) is 13.2 Å². The molecule has 2 aromatic carbocycles. The van der Waals surface area contributed by atoms with Crippen molar-refractivity contribution in [2.75, 3.05) is 31.1 Å². The third-order valence-corrected chi connectivity index (χ3v) is 4.74. The first-order chi connectivity index (χ1) is 14.4. The summed E-state index contributed by atoms with van der Waals surface area (Å²) in [6.07, 6.45) is -4.78. The van der Waals surface area contributed by atoms with Crippen LogP contribution in [-0.4, -0.2) is 41.9 Å². The molecule has 13 heteroatoms. The molecule has 0 atom stereocenters. The Morgan fingerprint density at radius 1 is 0.935 bits per heavy atom. The molecular weight excluding hydrogens is 439 g/mol. The van der Waals surface area contributed by atoms with Crippen molar-refractivity contribution in [2.24, 2.45) is 0 Å². The van der Waals surface area contributed by atoms with E-state index in [1.54, 1.807) is 0 Å². The molecular formula is C18H12F7N3O3. The number of carbonyl (C=O) groups is 1. The molecule has 1 heterocycles. The fourth-order valence-corrected chi connectivity index (χ4v) is 3.16. The van der Waals surface area contributed by atoms with Gasteiger partial charge >= 0.3 is 6.18 Å². The minimum Gasteiger partial charge on any atom is -0.362 e. The monoisotopic (exact) mass is 451 g/mol. The molecule has 6 nitrogen and oxygen atoms in total. The van der Waals surface area contributed by atoms with Crippen LogP contribution in [0, 0.1) is 33.4 Å². The van der Waals surface area contributed by atoms with Gasteiger partial charge in [0, 0.05) is 32.2 Å². The maximum Gasteiger partial charge on any atom is 0.416 e. The number of nitrogens with zero attached hydrogens (tertiary/aromatic N) is 3. The van der Waals surface area contributed by atoms with Crippen molar-refractivity contribution >= 4 is 17.3 Å². The first kappa shape index (κ1) is 22.3. The van der Waals surface area contributed by atoms with Crippen molar-refractivity contribution in [1.29, 1.82) is 0 Å². The van der Waals surface area contributed by atoms with E-state index in [2.05, 4.69) is 0 Å². The summed E-state index contributed by atoms with van der Waals surface area (Å²) in [4.78, 5) is 25.0. The maximum absolute atomic E-state index is 13.9. The summed E-state index contributed by atoms with van der Waals surface area (Å²) in [5.41, 5.74) is -3.13. The van der Waals surface area contributed by atoms with Crippen LogP contribution in [0.25, 0.3) is 0 Å². The van der Waals surface area contributed by atoms with E-state index in [9.17, 15) is 45.6 Å². The molecule has 31 heavy (non-hydrogen) atoms. The lowest BCUT2D eigenvalue weighted by atomic mass is 10.1. The molecule has 1 aliphatic heterocycles. The Kier molecular flexibility index (Phi) is 5.79. The van der Waals surface area contributed by atoms with Gasteiger partial charge < -0.3 is 9.80 Å². The van der Waals surface area contributed by atoms with Crippen molar-refractivity contribution < 1.29 is 40.5 Å². The number of nitro groups is 1. The second-order valence-electron chi connectivity index (χ2n) is 6.59. The van der Waals surface area contributed by atoms with Crippen LogP contribution < -0.4 is 4.90 Å². The number of piperazine rings is 1. The number of hydrogen-bond acceptors (Lipinski definition) is 4. The molecule has 0 aliphatic carbocycles. The van der Waals surface area contributed by atoms with E-state index >= 15 is 0 Å². The zero-order chi connectivity index (χ0) is 23.1. The molecule has 2 aromatic rings. The van der Waals surface area contributed by atoms with E-state index in [0.717, 1.165) is 11.0 Å². The lowest BCUT2D eigenvalue weighted by Crippen LogP contribution is -2.49. The molecule has 0 radical (unpaired) electrons. The van der Waals surface area contributed by atoms with Crippen molar-refractivity contribution in [3.63, 3.8) is 0 Å². The average molecular weight is 451 g/mol. The molecule has 0 saturated carbocycles. The van der Waals surface area contributed by atoms with Gasteiger partial charge in [-0.1, -0.05) is 0 Å². The Labute approximate surface area is 169 Å². The minimum absolute atomic E-state index is 0.0915. The lowest BCUT2D eigenvalue weighted by molar-refractivity contribution is -0.384. The summed E-state index contributed by atoms with van der Waals surface area (Å²) in [5, 5.41) is 11.2. The van der Waals surface area contributed by atoms with Gasteiger partial charge in [0.25, 0.3) is 11.6 Å². The summed E-state index contributed by atoms with van der Waals surface area (Å²) in [6, 6.07) is 2.23. The highest BCUT2D eigenvalue weighted by molar-refractivity contribution is 5.94. The van der Waals surface area contributed by atoms with E-state index in [0.29, 0.717) is 12.1 Å². The van der Waals surface area contributed by atoms with Crippen molar-refractivity contribution in [2.45, 2.75) is 6.18 Å². The van der Waals surface area contributed by atoms with Crippen molar-refractivity contribution in [3.05, 3.63) is 68.8 Å². The molecule has 3 rings (SSSR count). The van der Waals surface area contributed by atoms with Crippen LogP contribution in [0.4, 0.5) is 42.1 Å². The van der Waals surface area contributed by atoms with Gasteiger partial charge in [-0.15, -0.1) is 0 Å². The second-order valence-corrected chi connectivity index (χ2v) is 6.59. The van der Waals surface area contributed by atoms with Gasteiger partial charge in [0.05, 0.1) is 16.1 Å². The average Bonchev–Trinajstić information content (AvgIpc) is 2.73. The Morgan fingerprint density at radius 2 is 1.55 bits per heavy atom. The van der Waals surface area contributed by atoms with Gasteiger partial charge in [-0.05, 0) is 18.2 Å². The number of hydrogen-bond donors (Lipinski definition) is 0. The lowest BCUT2D eigenvalue weighted by Gasteiger charge is -2.36. The summed E-state index contributed by atoms with van der Waals surface area (Å²) in [6.45, 7) is -0.550. The number of nitro benzene ring substituents is 1. The van der Waals surface area contributed by atoms with E-state index in [1.165, 1.54) is 4.90 Å². The SMILES string of the molecule is O=C(c1cc(F)c(F)c(F)c1F)N1CCN(c2ccc(C(F)(F)F)cc2[N+](=O)[O-])CC1. The predicted octanol–water partition coefficient (Wildman–Crippen LogP) is 4.13. The number of carbonyl (C=O) groups excluding carboxylic acids is 1. The van der Waals surface area contributed by atoms with Crippen LogP contribution in [0.15, 0.2) is 24.3 Å². The van der Waals surface area contributed by atoms with E-state index in [-0.39, 0.29) is 37.9 Å². The Hall–Kier alpha value is -3.38. The standard InChI is InChI=1S/C18H12F7N3O3/c19-11-8-10(14(20)16(22)15(11)21)17(29)27-5-3-26(4-6-27)12-2-1-9(18(23,24)25)7-13(12)28(30)31/h1-2,7-8H,3-6H2. The molecule has 1 saturated heterocycles. The predicted molar refractivity (Wildman–Crippen MR) is 92.5 cm³/mol. The molecule has 1 fully saturated rings. The first-order valence-corrected chi connectivity index (χ1v) is 8.64. The largest absolute Gasteiger partial charge is 0.416 e. The minimum atomic E-state index is -4.78. The third-order valence-electron chi connectivity index (χ3n) is 4.74. The van der Waals surface area contributed by atoms with Gasteiger partial charge in [0.2, 0.25) is 0 Å². The third kappa shape index (κ3) is 4.25. The maximum atomic E-state index is 13.9. The quantitative estimate of drug-likeness (QED) is 0.232. The van der Waals surface area contributed by atoms with Gasteiger partial charge in [-0.25, -0.2) is 17.6 Å². The highest BCUT2D eigenvalue weighted by Crippen LogP contribution is 2.37. The molecule has 1 amide bonds. The topological polar surface area (TPSA) is 66.7 Å². The molecule has 1 aliphatic rings. The number of amides is 1. The Morgan fingerprint density at radius 3 is 2.10 bits per heavy atom. The summed E-state index contributed by atoms with van der Waals surface area (Å²) in [7, 11) is 0. The van der Waals surface area contributed by atoms with Gasteiger partial charge in [-0.3, -0.25) is 14.9 Å². The van der Waals surface area contributed by atoms with Crippen LogP contribution in [0.1, 0.15) is 15.9 Å². The Bertz CT molecular complexity index is 1050. The number of benzene rings is 2. The fraction of sp³-hybridized carbons (Fsp3) is 0.278. The molecule has 0 aromatic heterocycles. The first-order valence-electron chi connectivity index (χ1n) is 8.64. The molecule has 0 bridgehead atoms. The zero-order valence-electron chi connectivity index (χ0n) is 15.3. The van der Waals surface area contributed by atoms with Crippen LogP contribution >= 0.6 is 0 Å². The number of anilines is 1. The van der Waals surface area contributed by atoms with Crippen LogP contribution in [0.5, 0.6) is 0 Å². The normalized spacial score (nSPS) is 14.7. The van der Waals surface area contributed by atoms with Crippen LogP contribution in [-0.2, 0) is 6.18 Å². The molecule has 0 N–H and O–H groups in total. The second kappa shape index (κ2) is 8.04. The zero-order valence-corrected chi connectivity index (χ0v) is 15.3. The van der Waals surface area contributed by atoms with Gasteiger partial charge in [0.1, 0.15) is 5.69 Å². The molecule has 0 unspecified atom stereocenters. The van der Waals surface area contributed by atoms with Crippen molar-refractivity contribution in [1.82, 2.24) is 4.90 Å². The summed E-state index contributed by atoms with van der Waals surface area (Å²) in [5.74, 6) is -8.93. The fourth-order valence-electron chi connectivity index (χ4n) is 3.16. The summed E-state index contributed by atoms with van der Waals surface area (Å²) >= 11 is 0. The molecule has 0 spiro atoms. The van der Waals surface area contributed by atoms with Crippen LogP contribution in [0.3, 0.4) is 0 Å². The van der Waals surface area contributed by atoms with E-state index < -0.39 is 57.1 Å². The van der Waals surface area contributed by atoms with Gasteiger partial charge in [0.15, 0.2) is 23.3 Å². The van der Waals surface area contributed by atoms with Crippen molar-refractivity contribution in [3.8, 4) is 0 Å². The van der Waals surface area contributed by atoms with E-state index in [4.69, 9.17) is 0 Å². The smallest absolute Gasteiger partial charge is 0.362 e. The number of rotatable bonds is 3. The highest BCUT2D eigenvalue weighted by atomic mass is 19.4. The Balaban J connectivity index is 1.80. The highest BCUT2D eigenvalue weighted by Gasteiger charge is 2.35. The summed E-state index contributed by atoms with van der Waals surface area (Å²) < 4.78 is 92.2. The molecule has 166 valence electrons.